The van der Waals surface area contributed by atoms with Crippen molar-refractivity contribution in [1.29, 1.82) is 0 Å². The van der Waals surface area contributed by atoms with E-state index < -0.39 is 0 Å². The molecule has 1 aromatic carbocycles. The summed E-state index contributed by atoms with van der Waals surface area (Å²) in [6.07, 6.45) is 1.78. The molecule has 1 fully saturated rings. The fourth-order valence-electron chi connectivity index (χ4n) is 3.12. The molecule has 130 valence electrons. The quantitative estimate of drug-likeness (QED) is 0.814. The predicted octanol–water partition coefficient (Wildman–Crippen LogP) is 3.12. The fourth-order valence-corrected chi connectivity index (χ4v) is 3.12. The molecule has 0 spiro atoms. The molecule has 2 heterocycles. The number of piperazine rings is 1. The van der Waals surface area contributed by atoms with Crippen molar-refractivity contribution in [3.05, 3.63) is 36.2 Å². The van der Waals surface area contributed by atoms with Gasteiger partial charge in [0.2, 0.25) is 5.89 Å². The molecule has 0 saturated carbocycles. The van der Waals surface area contributed by atoms with Crippen LogP contribution in [0.1, 0.15) is 19.5 Å². The molecule has 0 unspecified atom stereocenters. The first-order valence-electron chi connectivity index (χ1n) is 8.67. The van der Waals surface area contributed by atoms with Crippen molar-refractivity contribution in [2.45, 2.75) is 20.4 Å². The minimum absolute atomic E-state index is 0.672. The number of hydrogen-bond acceptors (Lipinski definition) is 5. The molecule has 0 atom stereocenters. The molecule has 0 bridgehead atoms. The lowest BCUT2D eigenvalue weighted by Gasteiger charge is -2.35. The normalized spacial score (nSPS) is 16.7. The molecule has 0 aliphatic carbocycles. The zero-order valence-electron chi connectivity index (χ0n) is 14.9. The summed E-state index contributed by atoms with van der Waals surface area (Å²) in [5.41, 5.74) is 1.97. The number of nitrogens with zero attached hydrogens (tertiary/aromatic N) is 3. The van der Waals surface area contributed by atoms with Crippen molar-refractivity contribution in [3.63, 3.8) is 0 Å². The largest absolute Gasteiger partial charge is 0.497 e. The third kappa shape index (κ3) is 4.36. The highest BCUT2D eigenvalue weighted by atomic mass is 16.5. The van der Waals surface area contributed by atoms with Crippen molar-refractivity contribution in [3.8, 4) is 17.2 Å². The molecule has 1 saturated heterocycles. The molecular weight excluding hydrogens is 302 g/mol. The van der Waals surface area contributed by atoms with Crippen LogP contribution in [-0.2, 0) is 6.54 Å². The fraction of sp³-hybridized carbons (Fsp3) is 0.526. The zero-order valence-corrected chi connectivity index (χ0v) is 14.9. The van der Waals surface area contributed by atoms with Crippen LogP contribution < -0.4 is 4.74 Å². The molecule has 5 heteroatoms. The average Bonchev–Trinajstić information content (AvgIpc) is 3.05. The Hall–Kier alpha value is -1.85. The van der Waals surface area contributed by atoms with Gasteiger partial charge < -0.3 is 14.1 Å². The van der Waals surface area contributed by atoms with E-state index >= 15 is 0 Å². The van der Waals surface area contributed by atoms with Crippen molar-refractivity contribution in [1.82, 2.24) is 14.8 Å². The summed E-state index contributed by atoms with van der Waals surface area (Å²) in [6.45, 7) is 11.1. The molecule has 1 aromatic heterocycles. The van der Waals surface area contributed by atoms with Crippen LogP contribution in [-0.4, -0.2) is 54.6 Å². The van der Waals surface area contributed by atoms with Gasteiger partial charge in [0.25, 0.3) is 0 Å². The predicted molar refractivity (Wildman–Crippen MR) is 95.0 cm³/mol. The molecule has 1 aliphatic rings. The van der Waals surface area contributed by atoms with Gasteiger partial charge in [-0.2, -0.15) is 0 Å². The van der Waals surface area contributed by atoms with E-state index in [1.54, 1.807) is 13.4 Å². The van der Waals surface area contributed by atoms with Crippen molar-refractivity contribution in [2.75, 3.05) is 39.8 Å². The van der Waals surface area contributed by atoms with E-state index in [2.05, 4.69) is 28.6 Å². The van der Waals surface area contributed by atoms with E-state index in [-0.39, 0.29) is 0 Å². The number of rotatable bonds is 6. The van der Waals surface area contributed by atoms with E-state index in [0.717, 1.165) is 55.6 Å². The second kappa shape index (κ2) is 7.81. The lowest BCUT2D eigenvalue weighted by Crippen LogP contribution is -2.46. The molecule has 2 aromatic rings. The lowest BCUT2D eigenvalue weighted by molar-refractivity contribution is 0.116. The van der Waals surface area contributed by atoms with Crippen LogP contribution in [0.5, 0.6) is 5.75 Å². The molecule has 3 rings (SSSR count). The van der Waals surface area contributed by atoms with Gasteiger partial charge in [-0.25, -0.2) is 4.98 Å². The summed E-state index contributed by atoms with van der Waals surface area (Å²) >= 11 is 0. The zero-order chi connectivity index (χ0) is 16.9. The van der Waals surface area contributed by atoms with Crippen LogP contribution in [0.3, 0.4) is 0 Å². The average molecular weight is 329 g/mol. The summed E-state index contributed by atoms with van der Waals surface area (Å²) in [5, 5.41) is 0. The second-order valence-corrected chi connectivity index (χ2v) is 6.84. The van der Waals surface area contributed by atoms with Crippen molar-refractivity contribution < 1.29 is 9.15 Å². The maximum atomic E-state index is 5.65. The third-order valence-corrected chi connectivity index (χ3v) is 4.36. The summed E-state index contributed by atoms with van der Waals surface area (Å²) < 4.78 is 10.8. The Morgan fingerprint density at radius 1 is 1.08 bits per heavy atom. The molecule has 0 N–H and O–H groups in total. The number of benzene rings is 1. The van der Waals surface area contributed by atoms with E-state index in [4.69, 9.17) is 9.15 Å². The van der Waals surface area contributed by atoms with Gasteiger partial charge >= 0.3 is 0 Å². The first-order valence-corrected chi connectivity index (χ1v) is 8.67. The Balaban J connectivity index is 1.54. The third-order valence-electron chi connectivity index (χ3n) is 4.36. The summed E-state index contributed by atoms with van der Waals surface area (Å²) in [5.74, 6) is 2.25. The van der Waals surface area contributed by atoms with E-state index in [9.17, 15) is 0 Å². The van der Waals surface area contributed by atoms with Crippen LogP contribution >= 0.6 is 0 Å². The van der Waals surface area contributed by atoms with Gasteiger partial charge in [0.1, 0.15) is 12.0 Å². The number of aromatic nitrogens is 1. The lowest BCUT2D eigenvalue weighted by atomic mass is 10.2. The number of methoxy groups -OCH3 is 1. The first kappa shape index (κ1) is 17.0. The van der Waals surface area contributed by atoms with Crippen molar-refractivity contribution >= 4 is 0 Å². The number of hydrogen-bond donors (Lipinski definition) is 0. The van der Waals surface area contributed by atoms with E-state index in [0.29, 0.717) is 5.89 Å². The van der Waals surface area contributed by atoms with Gasteiger partial charge in [-0.15, -0.1) is 0 Å². The van der Waals surface area contributed by atoms with Crippen LogP contribution in [0.4, 0.5) is 0 Å². The van der Waals surface area contributed by atoms with Gasteiger partial charge in [-0.1, -0.05) is 13.8 Å². The van der Waals surface area contributed by atoms with E-state index in [1.807, 2.05) is 24.3 Å². The molecule has 0 amide bonds. The Labute approximate surface area is 144 Å². The van der Waals surface area contributed by atoms with Gasteiger partial charge in [-0.3, -0.25) is 4.90 Å². The maximum absolute atomic E-state index is 5.65. The molecule has 24 heavy (non-hydrogen) atoms. The highest BCUT2D eigenvalue weighted by Gasteiger charge is 2.18. The van der Waals surface area contributed by atoms with Gasteiger partial charge in [-0.05, 0) is 30.2 Å². The first-order chi connectivity index (χ1) is 11.6. The summed E-state index contributed by atoms with van der Waals surface area (Å²) in [4.78, 5) is 9.63. The Kier molecular flexibility index (Phi) is 5.53. The smallest absolute Gasteiger partial charge is 0.226 e. The second-order valence-electron chi connectivity index (χ2n) is 6.84. The highest BCUT2D eigenvalue weighted by Crippen LogP contribution is 2.22. The minimum Gasteiger partial charge on any atom is -0.497 e. The highest BCUT2D eigenvalue weighted by molar-refractivity contribution is 5.54. The van der Waals surface area contributed by atoms with E-state index in [1.165, 1.54) is 6.54 Å². The standard InChI is InChI=1S/C19H27N3O2/c1-15(2)12-21-8-10-22(11-9-21)13-17-14-24-19(20-17)16-4-6-18(23-3)7-5-16/h4-7,14-15H,8-13H2,1-3H3. The Bertz CT molecular complexity index is 628. The monoisotopic (exact) mass is 329 g/mol. The minimum atomic E-state index is 0.672. The Morgan fingerprint density at radius 3 is 2.38 bits per heavy atom. The SMILES string of the molecule is COc1ccc(-c2nc(CN3CCN(CC(C)C)CC3)co2)cc1. The van der Waals surface area contributed by atoms with Gasteiger partial charge in [0.05, 0.1) is 12.8 Å². The molecule has 5 nitrogen and oxygen atoms in total. The Morgan fingerprint density at radius 2 is 1.75 bits per heavy atom. The number of ether oxygens (including phenoxy) is 1. The summed E-state index contributed by atoms with van der Waals surface area (Å²) in [6, 6.07) is 7.79. The van der Waals surface area contributed by atoms with Gasteiger partial charge in [0.15, 0.2) is 0 Å². The van der Waals surface area contributed by atoms with Crippen LogP contribution in [0, 0.1) is 5.92 Å². The maximum Gasteiger partial charge on any atom is 0.226 e. The van der Waals surface area contributed by atoms with Crippen molar-refractivity contribution in [2.24, 2.45) is 5.92 Å². The molecule has 1 aliphatic heterocycles. The van der Waals surface area contributed by atoms with Gasteiger partial charge in [0, 0.05) is 44.8 Å². The molecular formula is C19H27N3O2. The van der Waals surface area contributed by atoms with Crippen LogP contribution in [0.15, 0.2) is 34.9 Å². The van der Waals surface area contributed by atoms with Crippen LogP contribution in [0.25, 0.3) is 11.5 Å². The molecule has 0 radical (unpaired) electrons. The summed E-state index contributed by atoms with van der Waals surface area (Å²) in [7, 11) is 1.67. The van der Waals surface area contributed by atoms with Crippen LogP contribution in [0.2, 0.25) is 0 Å². The number of oxazole rings is 1. The topological polar surface area (TPSA) is 41.7 Å².